The average molecular weight is 517 g/mol. The van der Waals surface area contributed by atoms with Gasteiger partial charge in [-0.25, -0.2) is 9.18 Å². The molecule has 34 heavy (non-hydrogen) atoms. The average Bonchev–Trinajstić information content (AvgIpc) is 3.29. The van der Waals surface area contributed by atoms with Crippen LogP contribution in [0.1, 0.15) is 40.1 Å². The lowest BCUT2D eigenvalue weighted by Gasteiger charge is -2.46. The van der Waals surface area contributed by atoms with E-state index in [0.29, 0.717) is 5.56 Å². The van der Waals surface area contributed by atoms with Crippen molar-refractivity contribution in [1.82, 2.24) is 4.90 Å². The van der Waals surface area contributed by atoms with Crippen LogP contribution in [0.5, 0.6) is 0 Å². The highest BCUT2D eigenvalue weighted by Gasteiger charge is 2.57. The molecule has 1 spiro atoms. The number of rotatable bonds is 2. The van der Waals surface area contributed by atoms with Gasteiger partial charge >= 0.3 is 12.1 Å². The van der Waals surface area contributed by atoms with Gasteiger partial charge in [-0.15, -0.1) is 0 Å². The van der Waals surface area contributed by atoms with E-state index in [1.807, 2.05) is 0 Å². The fourth-order valence-electron chi connectivity index (χ4n) is 4.54. The van der Waals surface area contributed by atoms with E-state index >= 15 is 0 Å². The molecule has 0 radical (unpaired) electrons. The molecule has 12 heteroatoms. The third-order valence-corrected chi connectivity index (χ3v) is 6.69. The van der Waals surface area contributed by atoms with Gasteiger partial charge in [-0.05, 0) is 18.2 Å². The summed E-state index contributed by atoms with van der Waals surface area (Å²) in [5.74, 6) is -4.34. The summed E-state index contributed by atoms with van der Waals surface area (Å²) >= 11 is 11.6. The summed E-state index contributed by atoms with van der Waals surface area (Å²) in [6.07, 6.45) is -6.74. The monoisotopic (exact) mass is 516 g/mol. The molecule has 5 rings (SSSR count). The number of halogens is 6. The minimum Gasteiger partial charge on any atom is -0.447 e. The second kappa shape index (κ2) is 7.58. The lowest BCUT2D eigenvalue weighted by molar-refractivity contribution is -0.178. The Kier molecular flexibility index (Phi) is 5.11. The standard InChI is InChI=1S/C22H14Cl2F4N2O4/c1-9(31)30-7-21(8-30)14-3-2-10(4-12(14)20(32)33-21)18-16(22(26,27)28)19(34-29-18)13-5-11(23)6-15(24)17(13)25/h2-6,16,19H,7-8H2,1H3. The number of benzene rings is 2. The lowest BCUT2D eigenvalue weighted by Crippen LogP contribution is -2.60. The van der Waals surface area contributed by atoms with Crippen molar-refractivity contribution in [1.29, 1.82) is 0 Å². The van der Waals surface area contributed by atoms with Crippen LogP contribution in [0.4, 0.5) is 17.6 Å². The molecular weight excluding hydrogens is 503 g/mol. The first-order chi connectivity index (χ1) is 15.9. The van der Waals surface area contributed by atoms with Crippen molar-refractivity contribution in [3.05, 3.63) is 68.4 Å². The van der Waals surface area contributed by atoms with Gasteiger partial charge in [0.15, 0.2) is 11.7 Å². The molecule has 1 amide bonds. The zero-order chi connectivity index (χ0) is 24.6. The van der Waals surface area contributed by atoms with Gasteiger partial charge in [0.05, 0.1) is 23.7 Å². The summed E-state index contributed by atoms with van der Waals surface area (Å²) in [6.45, 7) is 1.70. The number of esters is 1. The van der Waals surface area contributed by atoms with Gasteiger partial charge in [-0.3, -0.25) is 4.79 Å². The van der Waals surface area contributed by atoms with Crippen molar-refractivity contribution in [2.24, 2.45) is 11.1 Å². The van der Waals surface area contributed by atoms with Crippen LogP contribution in [0.2, 0.25) is 10.0 Å². The van der Waals surface area contributed by atoms with E-state index in [4.69, 9.17) is 32.8 Å². The molecule has 0 aromatic heterocycles. The third-order valence-electron chi connectivity index (χ3n) is 6.19. The SMILES string of the molecule is CC(=O)N1CC2(C1)OC(=O)c1cc(C3=NOC(c4cc(Cl)cc(Cl)c4F)C3C(F)(F)F)ccc12. The summed E-state index contributed by atoms with van der Waals surface area (Å²) < 4.78 is 62.5. The molecule has 2 atom stereocenters. The van der Waals surface area contributed by atoms with Crippen LogP contribution in [0.15, 0.2) is 35.5 Å². The second-order valence-electron chi connectivity index (χ2n) is 8.33. The van der Waals surface area contributed by atoms with Crippen molar-refractivity contribution in [3.63, 3.8) is 0 Å². The number of oxime groups is 1. The zero-order valence-corrected chi connectivity index (χ0v) is 18.8. The largest absolute Gasteiger partial charge is 0.447 e. The van der Waals surface area contributed by atoms with Crippen molar-refractivity contribution >= 4 is 40.8 Å². The molecule has 2 aromatic carbocycles. The number of alkyl halides is 3. The summed E-state index contributed by atoms with van der Waals surface area (Å²) in [4.78, 5) is 30.6. The van der Waals surface area contributed by atoms with E-state index in [1.165, 1.54) is 30.0 Å². The molecule has 1 fully saturated rings. The number of hydrogen-bond donors (Lipinski definition) is 0. The number of likely N-dealkylation sites (tertiary alicyclic amines) is 1. The number of ether oxygens (including phenoxy) is 1. The Bertz CT molecular complexity index is 1270. The van der Waals surface area contributed by atoms with Crippen LogP contribution in [0.25, 0.3) is 0 Å². The Morgan fingerprint density at radius 2 is 1.91 bits per heavy atom. The van der Waals surface area contributed by atoms with E-state index in [-0.39, 0.29) is 35.1 Å². The Morgan fingerprint density at radius 3 is 2.56 bits per heavy atom. The van der Waals surface area contributed by atoms with Crippen LogP contribution in [0, 0.1) is 11.7 Å². The van der Waals surface area contributed by atoms with E-state index in [1.54, 1.807) is 0 Å². The molecule has 3 heterocycles. The molecule has 0 saturated carbocycles. The minimum absolute atomic E-state index is 0.0335. The molecule has 3 aliphatic rings. The second-order valence-corrected chi connectivity index (χ2v) is 9.18. The molecule has 2 unspecified atom stereocenters. The van der Waals surface area contributed by atoms with Crippen molar-refractivity contribution in [2.75, 3.05) is 13.1 Å². The van der Waals surface area contributed by atoms with E-state index in [9.17, 15) is 27.2 Å². The Labute approximate surface area is 200 Å². The summed E-state index contributed by atoms with van der Waals surface area (Å²) in [5.41, 5.74) is -1.51. The fraction of sp³-hybridized carbons (Fsp3) is 0.318. The zero-order valence-electron chi connectivity index (χ0n) is 17.3. The first-order valence-corrected chi connectivity index (χ1v) is 10.8. The summed E-state index contributed by atoms with van der Waals surface area (Å²) in [6, 6.07) is 6.16. The lowest BCUT2D eigenvalue weighted by atomic mass is 9.82. The van der Waals surface area contributed by atoms with Crippen molar-refractivity contribution in [2.45, 2.75) is 24.8 Å². The third kappa shape index (κ3) is 3.42. The summed E-state index contributed by atoms with van der Waals surface area (Å²) in [7, 11) is 0. The number of amides is 1. The predicted molar refractivity (Wildman–Crippen MR) is 112 cm³/mol. The van der Waals surface area contributed by atoms with Gasteiger partial charge < -0.3 is 14.5 Å². The van der Waals surface area contributed by atoms with Gasteiger partial charge in [0.2, 0.25) is 5.91 Å². The van der Waals surface area contributed by atoms with Crippen LogP contribution in [-0.2, 0) is 20.0 Å². The normalized spacial score (nSPS) is 22.7. The van der Waals surface area contributed by atoms with Gasteiger partial charge in [-0.1, -0.05) is 40.5 Å². The minimum atomic E-state index is -4.88. The molecule has 178 valence electrons. The maximum Gasteiger partial charge on any atom is 0.401 e. The highest BCUT2D eigenvalue weighted by molar-refractivity contribution is 6.34. The van der Waals surface area contributed by atoms with Gasteiger partial charge in [-0.2, -0.15) is 13.2 Å². The number of hydrogen-bond acceptors (Lipinski definition) is 5. The van der Waals surface area contributed by atoms with E-state index in [0.717, 1.165) is 12.1 Å². The highest BCUT2D eigenvalue weighted by atomic mass is 35.5. The van der Waals surface area contributed by atoms with Gasteiger partial charge in [0, 0.05) is 28.6 Å². The maximum absolute atomic E-state index is 14.6. The topological polar surface area (TPSA) is 68.2 Å². The van der Waals surface area contributed by atoms with E-state index in [2.05, 4.69) is 5.16 Å². The number of nitrogens with zero attached hydrogens (tertiary/aromatic N) is 2. The molecule has 1 saturated heterocycles. The number of carbonyl (C=O) groups is 2. The highest BCUT2D eigenvalue weighted by Crippen LogP contribution is 2.48. The Balaban J connectivity index is 1.52. The maximum atomic E-state index is 14.6. The van der Waals surface area contributed by atoms with Crippen molar-refractivity contribution in [3.8, 4) is 0 Å². The molecule has 6 nitrogen and oxygen atoms in total. The molecule has 0 aliphatic carbocycles. The molecule has 3 aliphatic heterocycles. The summed E-state index contributed by atoms with van der Waals surface area (Å²) in [5, 5.41) is 3.09. The van der Waals surface area contributed by atoms with Gasteiger partial charge in [0.25, 0.3) is 0 Å². The predicted octanol–water partition coefficient (Wildman–Crippen LogP) is 5.01. The smallest absolute Gasteiger partial charge is 0.401 e. The van der Waals surface area contributed by atoms with E-state index < -0.39 is 51.9 Å². The molecule has 0 bridgehead atoms. The van der Waals surface area contributed by atoms with Crippen LogP contribution in [0.3, 0.4) is 0 Å². The quantitative estimate of drug-likeness (QED) is 0.319. The molecular formula is C22H14Cl2F4N2O4. The van der Waals surface area contributed by atoms with Crippen LogP contribution >= 0.6 is 23.2 Å². The molecule has 2 aromatic rings. The van der Waals surface area contributed by atoms with Crippen LogP contribution < -0.4 is 0 Å². The van der Waals surface area contributed by atoms with Crippen molar-refractivity contribution < 1.29 is 36.7 Å². The Hall–Kier alpha value is -2.85. The molecule has 0 N–H and O–H groups in total. The number of fused-ring (bicyclic) bond motifs is 2. The Morgan fingerprint density at radius 1 is 1.21 bits per heavy atom. The first kappa shape index (κ1) is 22.9. The first-order valence-electron chi connectivity index (χ1n) is 10.00. The van der Waals surface area contributed by atoms with Crippen LogP contribution in [-0.4, -0.2) is 41.8 Å². The number of carbonyl (C=O) groups excluding carboxylic acids is 2. The fourth-order valence-corrected chi connectivity index (χ4v) is 5.05. The van der Waals surface area contributed by atoms with Gasteiger partial charge in [0.1, 0.15) is 17.4 Å².